The highest BCUT2D eigenvalue weighted by atomic mass is 16.1. The molecule has 2 saturated carbocycles. The molecule has 0 heterocycles. The van der Waals surface area contributed by atoms with Crippen LogP contribution in [0.3, 0.4) is 0 Å². The molecule has 3 aliphatic carbocycles. The van der Waals surface area contributed by atoms with Gasteiger partial charge in [0, 0.05) is 12.1 Å². The molecule has 0 radical (unpaired) electrons. The molecule has 1 aromatic carbocycles. The SMILES string of the molecule is Cc1ccc2c(c1C(=O)NCC1(C)CCCC(C)C1)/C=C\C(C1CCCC1)=C\CC2C. The molecule has 3 aliphatic rings. The van der Waals surface area contributed by atoms with E-state index in [1.54, 1.807) is 0 Å². The van der Waals surface area contributed by atoms with E-state index in [0.29, 0.717) is 11.8 Å². The second-order valence-electron chi connectivity index (χ2n) is 11.1. The van der Waals surface area contributed by atoms with Gasteiger partial charge in [0.25, 0.3) is 5.91 Å². The maximum absolute atomic E-state index is 13.5. The quantitative estimate of drug-likeness (QED) is 0.535. The van der Waals surface area contributed by atoms with Crippen LogP contribution in [0.15, 0.2) is 29.9 Å². The minimum absolute atomic E-state index is 0.109. The Morgan fingerprint density at radius 2 is 1.87 bits per heavy atom. The van der Waals surface area contributed by atoms with Crippen molar-refractivity contribution in [1.29, 1.82) is 0 Å². The van der Waals surface area contributed by atoms with Gasteiger partial charge in [-0.3, -0.25) is 4.79 Å². The molecule has 0 saturated heterocycles. The molecule has 2 heteroatoms. The molecule has 0 spiro atoms. The van der Waals surface area contributed by atoms with Gasteiger partial charge in [-0.1, -0.05) is 76.8 Å². The van der Waals surface area contributed by atoms with Crippen LogP contribution in [0.25, 0.3) is 6.08 Å². The van der Waals surface area contributed by atoms with Crippen molar-refractivity contribution in [3.05, 3.63) is 52.1 Å². The van der Waals surface area contributed by atoms with Crippen molar-refractivity contribution in [3.8, 4) is 0 Å². The fourth-order valence-electron chi connectivity index (χ4n) is 6.37. The zero-order valence-corrected chi connectivity index (χ0v) is 20.1. The Bertz CT molecular complexity index is 873. The average Bonchev–Trinajstić information content (AvgIpc) is 3.25. The molecule has 0 bridgehead atoms. The van der Waals surface area contributed by atoms with E-state index in [-0.39, 0.29) is 11.3 Å². The van der Waals surface area contributed by atoms with Crippen LogP contribution in [0.5, 0.6) is 0 Å². The summed E-state index contributed by atoms with van der Waals surface area (Å²) in [7, 11) is 0. The van der Waals surface area contributed by atoms with E-state index in [1.807, 2.05) is 0 Å². The molecular weight excluding hydrogens is 378 g/mol. The number of allylic oxidation sites excluding steroid dienone is 3. The molecule has 1 N–H and O–H groups in total. The fraction of sp³-hybridized carbons (Fsp3) is 0.621. The summed E-state index contributed by atoms with van der Waals surface area (Å²) in [5.74, 6) is 2.01. The van der Waals surface area contributed by atoms with Gasteiger partial charge in [0.1, 0.15) is 0 Å². The van der Waals surface area contributed by atoms with Gasteiger partial charge in [0.2, 0.25) is 0 Å². The first-order valence-electron chi connectivity index (χ1n) is 12.7. The summed E-state index contributed by atoms with van der Waals surface area (Å²) in [4.78, 5) is 13.5. The lowest BCUT2D eigenvalue weighted by atomic mass is 9.71. The highest BCUT2D eigenvalue weighted by Crippen LogP contribution is 2.39. The predicted molar refractivity (Wildman–Crippen MR) is 131 cm³/mol. The summed E-state index contributed by atoms with van der Waals surface area (Å²) in [6.07, 6.45) is 18.5. The van der Waals surface area contributed by atoms with Crippen molar-refractivity contribution in [2.75, 3.05) is 6.54 Å². The highest BCUT2D eigenvalue weighted by molar-refractivity contribution is 6.00. The summed E-state index contributed by atoms with van der Waals surface area (Å²) in [5.41, 5.74) is 6.16. The van der Waals surface area contributed by atoms with Gasteiger partial charge < -0.3 is 5.32 Å². The van der Waals surface area contributed by atoms with E-state index >= 15 is 0 Å². The fourth-order valence-corrected chi connectivity index (χ4v) is 6.37. The number of amides is 1. The summed E-state index contributed by atoms with van der Waals surface area (Å²) >= 11 is 0. The lowest BCUT2D eigenvalue weighted by Gasteiger charge is -2.37. The van der Waals surface area contributed by atoms with E-state index in [1.165, 1.54) is 62.5 Å². The van der Waals surface area contributed by atoms with Gasteiger partial charge in [0.05, 0.1) is 0 Å². The lowest BCUT2D eigenvalue weighted by Crippen LogP contribution is -2.39. The van der Waals surface area contributed by atoms with Crippen LogP contribution in [0.4, 0.5) is 0 Å². The summed E-state index contributed by atoms with van der Waals surface area (Å²) in [5, 5.41) is 3.35. The van der Waals surface area contributed by atoms with Crippen LogP contribution in [-0.4, -0.2) is 12.5 Å². The number of hydrogen-bond donors (Lipinski definition) is 1. The highest BCUT2D eigenvalue weighted by Gasteiger charge is 2.31. The number of hydrogen-bond acceptors (Lipinski definition) is 1. The van der Waals surface area contributed by atoms with Crippen molar-refractivity contribution in [2.45, 2.75) is 91.4 Å². The van der Waals surface area contributed by atoms with Gasteiger partial charge in [-0.25, -0.2) is 0 Å². The maximum atomic E-state index is 13.5. The zero-order chi connectivity index (χ0) is 22.0. The normalized spacial score (nSPS) is 31.8. The third-order valence-corrected chi connectivity index (χ3v) is 8.22. The lowest BCUT2D eigenvalue weighted by molar-refractivity contribution is 0.0903. The minimum Gasteiger partial charge on any atom is -0.351 e. The minimum atomic E-state index is 0.109. The van der Waals surface area contributed by atoms with Gasteiger partial charge in [-0.15, -0.1) is 0 Å². The Hall–Kier alpha value is -1.83. The Labute approximate surface area is 189 Å². The Kier molecular flexibility index (Phi) is 6.74. The number of nitrogens with one attached hydrogen (secondary N) is 1. The van der Waals surface area contributed by atoms with E-state index in [2.05, 4.69) is 63.4 Å². The summed E-state index contributed by atoms with van der Waals surface area (Å²) in [6, 6.07) is 4.39. The van der Waals surface area contributed by atoms with Crippen LogP contribution < -0.4 is 5.32 Å². The summed E-state index contributed by atoms with van der Waals surface area (Å²) < 4.78 is 0. The van der Waals surface area contributed by atoms with Crippen LogP contribution >= 0.6 is 0 Å². The molecule has 2 fully saturated rings. The average molecular weight is 420 g/mol. The number of benzene rings is 1. The van der Waals surface area contributed by atoms with Crippen LogP contribution in [0, 0.1) is 24.2 Å². The number of rotatable bonds is 4. The number of aryl methyl sites for hydroxylation is 1. The number of carbonyl (C=O) groups excluding carboxylic acids is 1. The maximum Gasteiger partial charge on any atom is 0.252 e. The summed E-state index contributed by atoms with van der Waals surface area (Å²) in [6.45, 7) is 9.88. The molecule has 3 atom stereocenters. The van der Waals surface area contributed by atoms with Crippen LogP contribution in [0.1, 0.15) is 112 Å². The van der Waals surface area contributed by atoms with Crippen molar-refractivity contribution in [2.24, 2.45) is 17.3 Å². The smallest absolute Gasteiger partial charge is 0.252 e. The molecule has 1 amide bonds. The number of fused-ring (bicyclic) bond motifs is 1. The van der Waals surface area contributed by atoms with Gasteiger partial charge in [-0.05, 0) is 84.5 Å². The topological polar surface area (TPSA) is 29.1 Å². The standard InChI is InChI=1S/C29H41NO/c1-20-8-7-17-29(4,18-20)19-30-28(31)27-22(3)12-15-25-21(2)11-13-24(14-16-26(25)27)23-9-5-6-10-23/h12-16,20-21,23H,5-11,17-19H2,1-4H3,(H,30,31)/b16-14-,24-13-. The first-order chi connectivity index (χ1) is 14.9. The second kappa shape index (κ2) is 9.35. The van der Waals surface area contributed by atoms with Gasteiger partial charge >= 0.3 is 0 Å². The molecule has 2 nitrogen and oxygen atoms in total. The number of carbonyl (C=O) groups is 1. The van der Waals surface area contributed by atoms with E-state index in [4.69, 9.17) is 0 Å². The van der Waals surface area contributed by atoms with Crippen molar-refractivity contribution >= 4 is 12.0 Å². The van der Waals surface area contributed by atoms with Gasteiger partial charge in [0.15, 0.2) is 0 Å². The second-order valence-corrected chi connectivity index (χ2v) is 11.1. The van der Waals surface area contributed by atoms with Gasteiger partial charge in [-0.2, -0.15) is 0 Å². The predicted octanol–water partition coefficient (Wildman–Crippen LogP) is 7.58. The molecule has 4 rings (SSSR count). The zero-order valence-electron chi connectivity index (χ0n) is 20.1. The van der Waals surface area contributed by atoms with Crippen molar-refractivity contribution in [1.82, 2.24) is 5.32 Å². The van der Waals surface area contributed by atoms with E-state index < -0.39 is 0 Å². The molecule has 168 valence electrons. The molecule has 3 unspecified atom stereocenters. The molecule has 0 aliphatic heterocycles. The molecule has 0 aromatic heterocycles. The van der Waals surface area contributed by atoms with Crippen LogP contribution in [-0.2, 0) is 0 Å². The Balaban J connectivity index is 1.59. The first kappa shape index (κ1) is 22.4. The molecular formula is C29H41NO. The third-order valence-electron chi connectivity index (χ3n) is 8.22. The largest absolute Gasteiger partial charge is 0.351 e. The molecule has 31 heavy (non-hydrogen) atoms. The van der Waals surface area contributed by atoms with Crippen LogP contribution in [0.2, 0.25) is 0 Å². The monoisotopic (exact) mass is 419 g/mol. The van der Waals surface area contributed by atoms with E-state index in [0.717, 1.165) is 35.6 Å². The van der Waals surface area contributed by atoms with Crippen molar-refractivity contribution < 1.29 is 4.79 Å². The third kappa shape index (κ3) is 4.99. The van der Waals surface area contributed by atoms with Crippen molar-refractivity contribution in [3.63, 3.8) is 0 Å². The first-order valence-corrected chi connectivity index (χ1v) is 12.7. The Morgan fingerprint density at radius 3 is 2.61 bits per heavy atom. The Morgan fingerprint density at radius 1 is 1.10 bits per heavy atom. The van der Waals surface area contributed by atoms with E-state index in [9.17, 15) is 4.79 Å². The molecule has 1 aromatic rings.